The lowest BCUT2D eigenvalue weighted by Gasteiger charge is -2.01. The molecule has 19 heavy (non-hydrogen) atoms. The van der Waals surface area contributed by atoms with Crippen molar-refractivity contribution in [2.75, 3.05) is 6.54 Å². The first-order valence-corrected chi connectivity index (χ1v) is 6.62. The van der Waals surface area contributed by atoms with Crippen molar-refractivity contribution in [2.45, 2.75) is 6.42 Å². The van der Waals surface area contributed by atoms with E-state index in [9.17, 15) is 9.59 Å². The Morgan fingerprint density at radius 1 is 1.53 bits per heavy atom. The number of nitrogens with one attached hydrogen (secondary N) is 2. The van der Waals surface area contributed by atoms with E-state index < -0.39 is 5.97 Å². The smallest absolute Gasteiger partial charge is 0.355 e. The van der Waals surface area contributed by atoms with Gasteiger partial charge in [-0.25, -0.2) is 9.78 Å². The van der Waals surface area contributed by atoms with Crippen molar-refractivity contribution in [3.63, 3.8) is 0 Å². The predicted octanol–water partition coefficient (Wildman–Crippen LogP) is 1.80. The van der Waals surface area contributed by atoms with Crippen LogP contribution in [-0.2, 0) is 6.42 Å². The number of amides is 1. The highest BCUT2D eigenvalue weighted by Crippen LogP contribution is 2.11. The summed E-state index contributed by atoms with van der Waals surface area (Å²) in [4.78, 5) is 29.0. The Balaban J connectivity index is 1.83. The Morgan fingerprint density at radius 3 is 2.89 bits per heavy atom. The van der Waals surface area contributed by atoms with Crippen molar-refractivity contribution in [3.05, 3.63) is 39.1 Å². The van der Waals surface area contributed by atoms with Gasteiger partial charge in [0, 0.05) is 24.5 Å². The highest BCUT2D eigenvalue weighted by atomic mass is 35.5. The summed E-state index contributed by atoms with van der Waals surface area (Å²) in [6.07, 6.45) is 2.01. The van der Waals surface area contributed by atoms with E-state index in [-0.39, 0.29) is 11.6 Å². The molecule has 0 aliphatic rings. The molecule has 6 nitrogen and oxygen atoms in total. The Kier molecular flexibility index (Phi) is 4.18. The van der Waals surface area contributed by atoms with Crippen LogP contribution in [0.4, 0.5) is 0 Å². The largest absolute Gasteiger partial charge is 0.476 e. The van der Waals surface area contributed by atoms with Crippen LogP contribution in [0.5, 0.6) is 0 Å². The molecule has 0 aromatic carbocycles. The Morgan fingerprint density at radius 2 is 2.32 bits per heavy atom. The van der Waals surface area contributed by atoms with Crippen LogP contribution in [0.3, 0.4) is 0 Å². The van der Waals surface area contributed by atoms with Crippen LogP contribution in [0.25, 0.3) is 0 Å². The van der Waals surface area contributed by atoms with Gasteiger partial charge in [0.1, 0.15) is 5.69 Å². The molecule has 8 heteroatoms. The second kappa shape index (κ2) is 5.85. The zero-order valence-corrected chi connectivity index (χ0v) is 11.2. The van der Waals surface area contributed by atoms with Crippen LogP contribution in [0.2, 0.25) is 5.02 Å². The number of H-pyrrole nitrogens is 1. The molecular weight excluding hydrogens is 290 g/mol. The van der Waals surface area contributed by atoms with E-state index in [1.54, 1.807) is 0 Å². The van der Waals surface area contributed by atoms with Crippen LogP contribution in [0, 0.1) is 0 Å². The topological polar surface area (TPSA) is 95.1 Å². The summed E-state index contributed by atoms with van der Waals surface area (Å²) in [7, 11) is 0. The molecule has 0 unspecified atom stereocenters. The molecule has 0 bridgehead atoms. The first-order valence-electron chi connectivity index (χ1n) is 5.36. The minimum Gasteiger partial charge on any atom is -0.476 e. The van der Waals surface area contributed by atoms with Crippen molar-refractivity contribution >= 4 is 34.8 Å². The second-order valence-electron chi connectivity index (χ2n) is 3.67. The van der Waals surface area contributed by atoms with Gasteiger partial charge in [-0.1, -0.05) is 11.6 Å². The molecule has 2 heterocycles. The van der Waals surface area contributed by atoms with E-state index in [1.165, 1.54) is 29.0 Å². The molecule has 0 atom stereocenters. The van der Waals surface area contributed by atoms with Crippen molar-refractivity contribution in [1.29, 1.82) is 0 Å². The SMILES string of the molecule is O=C(O)c1csc(CCNC(=O)c2cc(Cl)c[nH]2)n1. The lowest BCUT2D eigenvalue weighted by molar-refractivity contribution is 0.0690. The molecule has 0 saturated heterocycles. The number of carboxylic acid groups (broad SMARTS) is 1. The van der Waals surface area contributed by atoms with E-state index >= 15 is 0 Å². The molecule has 0 saturated carbocycles. The normalized spacial score (nSPS) is 10.4. The van der Waals surface area contributed by atoms with E-state index in [1.807, 2.05) is 0 Å². The number of nitrogens with zero attached hydrogens (tertiary/aromatic N) is 1. The van der Waals surface area contributed by atoms with E-state index in [0.717, 1.165) is 0 Å². The summed E-state index contributed by atoms with van der Waals surface area (Å²) in [6, 6.07) is 1.53. The van der Waals surface area contributed by atoms with Gasteiger partial charge in [-0.05, 0) is 6.07 Å². The summed E-state index contributed by atoms with van der Waals surface area (Å²) in [5, 5.41) is 14.0. The lowest BCUT2D eigenvalue weighted by atomic mass is 10.3. The van der Waals surface area contributed by atoms with E-state index in [2.05, 4.69) is 15.3 Å². The summed E-state index contributed by atoms with van der Waals surface area (Å²) in [5.74, 6) is -1.31. The van der Waals surface area contributed by atoms with Gasteiger partial charge in [-0.15, -0.1) is 11.3 Å². The van der Waals surface area contributed by atoms with Gasteiger partial charge in [-0.3, -0.25) is 4.79 Å². The molecule has 1 amide bonds. The number of thiazole rings is 1. The fourth-order valence-corrected chi connectivity index (χ4v) is 2.34. The molecule has 100 valence electrons. The molecule has 2 aromatic rings. The van der Waals surface area contributed by atoms with Crippen LogP contribution in [0.1, 0.15) is 26.0 Å². The maximum Gasteiger partial charge on any atom is 0.355 e. The third-order valence-electron chi connectivity index (χ3n) is 2.29. The van der Waals surface area contributed by atoms with Crippen molar-refractivity contribution in [1.82, 2.24) is 15.3 Å². The van der Waals surface area contributed by atoms with Crippen LogP contribution in [-0.4, -0.2) is 33.5 Å². The summed E-state index contributed by atoms with van der Waals surface area (Å²) >= 11 is 6.95. The Hall–Kier alpha value is -1.86. The number of aromatic nitrogens is 2. The Bertz CT molecular complexity index is 608. The molecule has 0 radical (unpaired) electrons. The first-order chi connectivity index (χ1) is 9.06. The zero-order valence-electron chi connectivity index (χ0n) is 9.64. The Labute approximate surface area is 117 Å². The number of hydrogen-bond acceptors (Lipinski definition) is 4. The molecule has 3 N–H and O–H groups in total. The molecule has 2 rings (SSSR count). The predicted molar refractivity (Wildman–Crippen MR) is 70.9 cm³/mol. The standard InChI is InChI=1S/C11H10ClN3O3S/c12-6-3-7(14-4-6)10(16)13-2-1-9-15-8(5-19-9)11(17)18/h3-5,14H,1-2H2,(H,13,16)(H,17,18). The molecule has 2 aromatic heterocycles. The molecular formula is C11H10ClN3O3S. The molecule has 0 spiro atoms. The number of aromatic carboxylic acids is 1. The number of aromatic amines is 1. The summed E-state index contributed by atoms with van der Waals surface area (Å²) in [5.41, 5.74) is 0.415. The van der Waals surface area contributed by atoms with Gasteiger partial charge in [0.05, 0.1) is 10.0 Å². The fraction of sp³-hybridized carbons (Fsp3) is 0.182. The molecule has 0 aliphatic heterocycles. The van der Waals surface area contributed by atoms with Crippen molar-refractivity contribution in [3.8, 4) is 0 Å². The van der Waals surface area contributed by atoms with Gasteiger partial charge < -0.3 is 15.4 Å². The number of carboxylic acids is 1. The highest BCUT2D eigenvalue weighted by molar-refractivity contribution is 7.09. The lowest BCUT2D eigenvalue weighted by Crippen LogP contribution is -2.25. The third kappa shape index (κ3) is 3.55. The van der Waals surface area contributed by atoms with Crippen molar-refractivity contribution < 1.29 is 14.7 Å². The van der Waals surface area contributed by atoms with Gasteiger partial charge in [0.25, 0.3) is 5.91 Å². The summed E-state index contributed by atoms with van der Waals surface area (Å²) in [6.45, 7) is 0.377. The van der Waals surface area contributed by atoms with E-state index in [0.29, 0.717) is 28.7 Å². The average Bonchev–Trinajstić information content (AvgIpc) is 2.98. The van der Waals surface area contributed by atoms with Gasteiger partial charge in [-0.2, -0.15) is 0 Å². The highest BCUT2D eigenvalue weighted by Gasteiger charge is 2.10. The molecule has 0 fully saturated rings. The fourth-order valence-electron chi connectivity index (χ4n) is 1.40. The number of rotatable bonds is 5. The van der Waals surface area contributed by atoms with E-state index in [4.69, 9.17) is 16.7 Å². The number of carbonyl (C=O) groups is 2. The van der Waals surface area contributed by atoms with Gasteiger partial charge in [0.15, 0.2) is 5.69 Å². The van der Waals surface area contributed by atoms with Gasteiger partial charge in [0.2, 0.25) is 0 Å². The number of hydrogen-bond donors (Lipinski definition) is 3. The maximum absolute atomic E-state index is 11.6. The quantitative estimate of drug-likeness (QED) is 0.784. The second-order valence-corrected chi connectivity index (χ2v) is 5.05. The van der Waals surface area contributed by atoms with Crippen LogP contribution < -0.4 is 5.32 Å². The monoisotopic (exact) mass is 299 g/mol. The average molecular weight is 300 g/mol. The minimum absolute atomic E-state index is 0.0301. The molecule has 0 aliphatic carbocycles. The van der Waals surface area contributed by atoms with Gasteiger partial charge >= 0.3 is 5.97 Å². The van der Waals surface area contributed by atoms with Crippen LogP contribution in [0.15, 0.2) is 17.6 Å². The number of carbonyl (C=O) groups excluding carboxylic acids is 1. The third-order valence-corrected chi connectivity index (χ3v) is 3.41. The minimum atomic E-state index is -1.05. The number of halogens is 1. The maximum atomic E-state index is 11.6. The van der Waals surface area contributed by atoms with Crippen molar-refractivity contribution in [2.24, 2.45) is 0 Å². The first kappa shape index (κ1) is 13.6. The zero-order chi connectivity index (χ0) is 13.8. The summed E-state index contributed by atoms with van der Waals surface area (Å²) < 4.78 is 0. The van der Waals surface area contributed by atoms with Crippen LogP contribution >= 0.6 is 22.9 Å².